The fraction of sp³-hybridized carbons (Fsp3) is 0.222. The molecule has 0 aromatic heterocycles. The zero-order valence-corrected chi connectivity index (χ0v) is 23.9. The molecule has 9 rings (SSSR count). The number of nitrogens with one attached hydrogen (secondary N) is 2. The Kier molecular flexibility index (Phi) is 4.96. The van der Waals surface area contributed by atoms with Gasteiger partial charge in [-0.05, 0) is 0 Å². The summed E-state index contributed by atoms with van der Waals surface area (Å²) in [5.41, 5.74) is 14.2. The van der Waals surface area contributed by atoms with E-state index in [1.54, 1.807) is 12.7 Å². The van der Waals surface area contributed by atoms with E-state index >= 15 is 0 Å². The first-order valence-corrected chi connectivity index (χ1v) is 16.5. The molecule has 3 heteroatoms. The molecule has 3 aromatic carbocycles. The molecule has 1 saturated carbocycles. The summed E-state index contributed by atoms with van der Waals surface area (Å²) in [5, 5.41) is 7.43. The van der Waals surface area contributed by atoms with Crippen LogP contribution in [-0.4, -0.2) is 13.1 Å². The Bertz CT molecular complexity index is 1720. The van der Waals surface area contributed by atoms with E-state index in [2.05, 4.69) is 108 Å². The number of halogens is 1. The summed E-state index contributed by atoms with van der Waals surface area (Å²) in [6.45, 7) is 1.87. The monoisotopic (exact) mass is 617 g/mol. The predicted octanol–water partition coefficient (Wildman–Crippen LogP) is 4.54. The standard InChI is InChI=1S/C36H30IN2/c1-5-22-6-3-17-38-35(22)27(9-1)26-8-2-10-32-34(26)30-19-24(14-16-31(30)37-32)25-15-13-21-11-12-23-7-4-18-39-36(23)33(21)29-20-28(25)29/h1-12,14-16,19,21,28-29,33,38-39H,13,17-18,20H2/q-1. The number of fused-ring (bicyclic) bond motifs is 8. The molecule has 3 aromatic rings. The minimum absolute atomic E-state index is 0.161. The normalized spacial score (nSPS) is 26.8. The first-order valence-electron chi connectivity index (χ1n) is 14.3. The molecule has 0 bridgehead atoms. The van der Waals surface area contributed by atoms with E-state index in [9.17, 15) is 0 Å². The second-order valence-electron chi connectivity index (χ2n) is 11.6. The van der Waals surface area contributed by atoms with Crippen LogP contribution in [0.5, 0.6) is 0 Å². The number of dihydropyridines is 1. The fourth-order valence-corrected chi connectivity index (χ4v) is 10.6. The van der Waals surface area contributed by atoms with E-state index in [0.717, 1.165) is 25.4 Å². The van der Waals surface area contributed by atoms with Crippen LogP contribution in [0.1, 0.15) is 24.0 Å². The van der Waals surface area contributed by atoms with E-state index in [4.69, 9.17) is 0 Å². The van der Waals surface area contributed by atoms with Crippen LogP contribution in [-0.2, 0) is 0 Å². The van der Waals surface area contributed by atoms with Crippen LogP contribution >= 0.6 is 0 Å². The molecule has 0 saturated heterocycles. The van der Waals surface area contributed by atoms with E-state index < -0.39 is 0 Å². The molecule has 6 aliphatic rings. The van der Waals surface area contributed by atoms with Crippen LogP contribution in [0.25, 0.3) is 33.9 Å². The maximum atomic E-state index is 3.76. The quantitative estimate of drug-likeness (QED) is 0.323. The number of hydrogen-bond donors (Lipinski definition) is 2. The van der Waals surface area contributed by atoms with Crippen LogP contribution in [0.2, 0.25) is 0 Å². The van der Waals surface area contributed by atoms with Crippen LogP contribution < -0.4 is 31.8 Å². The zero-order valence-electron chi connectivity index (χ0n) is 21.8. The van der Waals surface area contributed by atoms with Crippen molar-refractivity contribution in [2.45, 2.75) is 12.8 Å². The van der Waals surface area contributed by atoms with Crippen molar-refractivity contribution in [3.63, 3.8) is 0 Å². The van der Waals surface area contributed by atoms with Gasteiger partial charge in [0.1, 0.15) is 0 Å². The molecule has 0 spiro atoms. The Morgan fingerprint density at radius 1 is 0.795 bits per heavy atom. The molecule has 4 unspecified atom stereocenters. The topological polar surface area (TPSA) is 24.1 Å². The molecule has 3 aliphatic carbocycles. The Labute approximate surface area is 240 Å². The number of para-hydroxylation sites is 1. The van der Waals surface area contributed by atoms with Crippen molar-refractivity contribution in [2.24, 2.45) is 23.7 Å². The van der Waals surface area contributed by atoms with Gasteiger partial charge in [-0.1, -0.05) is 0 Å². The van der Waals surface area contributed by atoms with E-state index in [1.807, 2.05) is 0 Å². The van der Waals surface area contributed by atoms with E-state index in [-0.39, 0.29) is 21.2 Å². The first kappa shape index (κ1) is 22.5. The number of rotatable bonds is 2. The van der Waals surface area contributed by atoms with Gasteiger partial charge in [-0.15, -0.1) is 0 Å². The van der Waals surface area contributed by atoms with Crippen molar-refractivity contribution < 1.29 is 21.2 Å². The van der Waals surface area contributed by atoms with Gasteiger partial charge < -0.3 is 0 Å². The molecule has 1 fully saturated rings. The third-order valence-electron chi connectivity index (χ3n) is 9.51. The van der Waals surface area contributed by atoms with Crippen molar-refractivity contribution in [2.75, 3.05) is 18.4 Å². The second-order valence-corrected chi connectivity index (χ2v) is 14.5. The van der Waals surface area contributed by atoms with Crippen LogP contribution in [0.4, 0.5) is 5.69 Å². The Balaban J connectivity index is 1.12. The Morgan fingerprint density at radius 3 is 2.69 bits per heavy atom. The average Bonchev–Trinajstić information content (AvgIpc) is 3.70. The van der Waals surface area contributed by atoms with E-state index in [1.165, 1.54) is 56.8 Å². The molecule has 2 N–H and O–H groups in total. The fourth-order valence-electron chi connectivity index (χ4n) is 7.70. The summed E-state index contributed by atoms with van der Waals surface area (Å²) in [5.74, 6) is 2.71. The molecular weight excluding hydrogens is 587 g/mol. The zero-order chi connectivity index (χ0) is 25.5. The molecule has 3 heterocycles. The van der Waals surface area contributed by atoms with Gasteiger partial charge >= 0.3 is 242 Å². The molecule has 3 aliphatic heterocycles. The minimum atomic E-state index is -0.161. The van der Waals surface area contributed by atoms with Crippen molar-refractivity contribution in [1.82, 2.24) is 5.32 Å². The molecule has 39 heavy (non-hydrogen) atoms. The summed E-state index contributed by atoms with van der Waals surface area (Å²) in [7, 11) is 0. The Hall–Kier alpha value is -3.31. The average molecular weight is 618 g/mol. The van der Waals surface area contributed by atoms with Gasteiger partial charge in [0.25, 0.3) is 0 Å². The van der Waals surface area contributed by atoms with Crippen LogP contribution in [0.3, 0.4) is 0 Å². The van der Waals surface area contributed by atoms with E-state index in [0.29, 0.717) is 17.8 Å². The van der Waals surface area contributed by atoms with Gasteiger partial charge in [-0.2, -0.15) is 0 Å². The third kappa shape index (κ3) is 3.45. The van der Waals surface area contributed by atoms with Crippen molar-refractivity contribution >= 4 is 17.3 Å². The van der Waals surface area contributed by atoms with Gasteiger partial charge in [0, 0.05) is 0 Å². The molecule has 0 radical (unpaired) electrons. The van der Waals surface area contributed by atoms with Gasteiger partial charge in [0.2, 0.25) is 0 Å². The summed E-state index contributed by atoms with van der Waals surface area (Å²) in [4.78, 5) is 0. The Morgan fingerprint density at radius 2 is 1.69 bits per heavy atom. The molecule has 2 nitrogen and oxygen atoms in total. The summed E-state index contributed by atoms with van der Waals surface area (Å²) >= 11 is -0.161. The first-order chi connectivity index (χ1) is 19.3. The van der Waals surface area contributed by atoms with Gasteiger partial charge in [-0.25, -0.2) is 0 Å². The molecule has 0 amide bonds. The maximum absolute atomic E-state index is 3.76. The summed E-state index contributed by atoms with van der Waals surface area (Å²) < 4.78 is 3.14. The van der Waals surface area contributed by atoms with Crippen LogP contribution in [0.15, 0.2) is 102 Å². The van der Waals surface area contributed by atoms with Crippen LogP contribution in [0, 0.1) is 30.8 Å². The molecule has 192 valence electrons. The summed E-state index contributed by atoms with van der Waals surface area (Å²) in [6, 6.07) is 21.2. The molecular formula is C36H30IN2-. The predicted molar refractivity (Wildman–Crippen MR) is 157 cm³/mol. The number of anilines is 1. The third-order valence-corrected chi connectivity index (χ3v) is 12.5. The summed E-state index contributed by atoms with van der Waals surface area (Å²) in [6.07, 6.45) is 19.0. The number of hydrogen-bond acceptors (Lipinski definition) is 2. The SMILES string of the molecule is C1=CC2=C(NC1)C1C(C=C2)CC=C(c2ccc3c(c2)-c2c(cccc2-c2cccc4c2NCC=C4)[I-]3)C2CC21. The van der Waals surface area contributed by atoms with Crippen molar-refractivity contribution in [1.29, 1.82) is 0 Å². The van der Waals surface area contributed by atoms with Gasteiger partial charge in [0.15, 0.2) is 0 Å². The second kappa shape index (κ2) is 8.59. The van der Waals surface area contributed by atoms with Crippen molar-refractivity contribution in [3.05, 3.63) is 121 Å². The number of allylic oxidation sites excluding steroid dienone is 7. The number of benzene rings is 3. The van der Waals surface area contributed by atoms with Gasteiger partial charge in [-0.3, -0.25) is 0 Å². The van der Waals surface area contributed by atoms with Crippen molar-refractivity contribution in [3.8, 4) is 22.3 Å². The van der Waals surface area contributed by atoms with Gasteiger partial charge in [0.05, 0.1) is 0 Å². The molecule has 4 atom stereocenters.